The number of hydrogen-bond acceptors (Lipinski definition) is 5. The molecule has 6 nitrogen and oxygen atoms in total. The van der Waals surface area contributed by atoms with Crippen LogP contribution in [-0.4, -0.2) is 28.7 Å². The molecule has 1 N–H and O–H groups in total. The zero-order valence-electron chi connectivity index (χ0n) is 10.0. The van der Waals surface area contributed by atoms with Crippen LogP contribution >= 0.6 is 0 Å². The summed E-state index contributed by atoms with van der Waals surface area (Å²) >= 11 is 0. The molecule has 0 atom stereocenters. The summed E-state index contributed by atoms with van der Waals surface area (Å²) in [4.78, 5) is 11.5. The Morgan fingerprint density at radius 2 is 2.11 bits per heavy atom. The van der Waals surface area contributed by atoms with Crippen molar-refractivity contribution in [2.75, 3.05) is 18.0 Å². The van der Waals surface area contributed by atoms with Crippen LogP contribution in [0.2, 0.25) is 0 Å². The van der Waals surface area contributed by atoms with Crippen molar-refractivity contribution in [3.05, 3.63) is 34.1 Å². The van der Waals surface area contributed by atoms with E-state index >= 15 is 0 Å². The van der Waals surface area contributed by atoms with E-state index in [1.165, 1.54) is 12.1 Å². The maximum Gasteiger partial charge on any atom is 0.272 e. The van der Waals surface area contributed by atoms with Crippen molar-refractivity contribution in [2.45, 2.75) is 18.4 Å². The maximum absolute atomic E-state index is 13.8. The van der Waals surface area contributed by atoms with Gasteiger partial charge in [-0.1, -0.05) is 0 Å². The third-order valence-corrected chi connectivity index (χ3v) is 3.28. The number of hydrogen-bond donors (Lipinski definition) is 1. The van der Waals surface area contributed by atoms with Gasteiger partial charge in [-0.05, 0) is 6.07 Å². The third-order valence-electron chi connectivity index (χ3n) is 3.28. The molecule has 1 aromatic carbocycles. The SMILES string of the molecule is N#CC1(O)CCN(c2ccc([N+](=O)[O-])cc2F)CC1. The zero-order chi connectivity index (χ0) is 14.0. The number of piperidine rings is 1. The summed E-state index contributed by atoms with van der Waals surface area (Å²) in [5.41, 5.74) is -1.40. The van der Waals surface area contributed by atoms with E-state index in [1.807, 2.05) is 6.07 Å². The number of anilines is 1. The first-order chi connectivity index (χ1) is 8.95. The van der Waals surface area contributed by atoms with Crippen LogP contribution in [0, 0.1) is 27.3 Å². The molecule has 1 heterocycles. The highest BCUT2D eigenvalue weighted by atomic mass is 19.1. The molecule has 0 unspecified atom stereocenters. The molecule has 1 fully saturated rings. The van der Waals surface area contributed by atoms with E-state index in [2.05, 4.69) is 0 Å². The Hall–Kier alpha value is -2.20. The predicted octanol–water partition coefficient (Wildman–Crippen LogP) is 1.59. The molecule has 1 aromatic rings. The van der Waals surface area contributed by atoms with Gasteiger partial charge >= 0.3 is 0 Å². The van der Waals surface area contributed by atoms with E-state index < -0.39 is 16.3 Å². The topological polar surface area (TPSA) is 90.4 Å². The lowest BCUT2D eigenvalue weighted by Crippen LogP contribution is -2.43. The molecule has 1 aliphatic rings. The fourth-order valence-corrected chi connectivity index (χ4v) is 2.10. The Morgan fingerprint density at radius 3 is 2.58 bits per heavy atom. The third kappa shape index (κ3) is 2.63. The van der Waals surface area contributed by atoms with E-state index in [0.717, 1.165) is 6.07 Å². The lowest BCUT2D eigenvalue weighted by Gasteiger charge is -2.35. The Labute approximate surface area is 108 Å². The molecule has 0 spiro atoms. The van der Waals surface area contributed by atoms with Crippen LogP contribution in [0.5, 0.6) is 0 Å². The van der Waals surface area contributed by atoms with Crippen molar-refractivity contribution in [3.63, 3.8) is 0 Å². The van der Waals surface area contributed by atoms with Gasteiger partial charge in [-0.3, -0.25) is 10.1 Å². The molecule has 0 aromatic heterocycles. The number of nitro benzene ring substituents is 1. The molecule has 19 heavy (non-hydrogen) atoms. The number of nitriles is 1. The quantitative estimate of drug-likeness (QED) is 0.498. The van der Waals surface area contributed by atoms with Crippen molar-refractivity contribution in [1.29, 1.82) is 5.26 Å². The second-order valence-electron chi connectivity index (χ2n) is 4.52. The summed E-state index contributed by atoms with van der Waals surface area (Å²) in [6, 6.07) is 5.30. The van der Waals surface area contributed by atoms with Gasteiger partial charge in [0.05, 0.1) is 22.7 Å². The molecule has 100 valence electrons. The number of aliphatic hydroxyl groups is 1. The Kier molecular flexibility index (Phi) is 3.36. The van der Waals surface area contributed by atoms with Crippen molar-refractivity contribution in [3.8, 4) is 6.07 Å². The Balaban J connectivity index is 2.17. The molecule has 0 radical (unpaired) electrons. The van der Waals surface area contributed by atoms with E-state index in [4.69, 9.17) is 5.26 Å². The summed E-state index contributed by atoms with van der Waals surface area (Å²) in [6.07, 6.45) is 0.444. The van der Waals surface area contributed by atoms with Crippen LogP contribution in [0.3, 0.4) is 0 Å². The summed E-state index contributed by atoms with van der Waals surface area (Å²) in [6.45, 7) is 0.664. The monoisotopic (exact) mass is 265 g/mol. The molecule has 0 saturated carbocycles. The summed E-state index contributed by atoms with van der Waals surface area (Å²) in [5, 5.41) is 29.1. The number of benzene rings is 1. The second-order valence-corrected chi connectivity index (χ2v) is 4.52. The second kappa shape index (κ2) is 4.82. The highest BCUT2D eigenvalue weighted by Gasteiger charge is 2.33. The van der Waals surface area contributed by atoms with E-state index in [-0.39, 0.29) is 24.2 Å². The largest absolute Gasteiger partial charge is 0.375 e. The minimum atomic E-state index is -1.35. The van der Waals surface area contributed by atoms with Gasteiger partial charge in [0.15, 0.2) is 11.4 Å². The smallest absolute Gasteiger partial charge is 0.272 e. The van der Waals surface area contributed by atoms with Gasteiger partial charge in [0, 0.05) is 32.0 Å². The molecule has 0 aliphatic carbocycles. The van der Waals surface area contributed by atoms with Crippen molar-refractivity contribution in [1.82, 2.24) is 0 Å². The van der Waals surface area contributed by atoms with Crippen LogP contribution in [0.15, 0.2) is 18.2 Å². The fraction of sp³-hybridized carbons (Fsp3) is 0.417. The fourth-order valence-electron chi connectivity index (χ4n) is 2.10. The van der Waals surface area contributed by atoms with Gasteiger partial charge in [0.1, 0.15) is 0 Å². The normalized spacial score (nSPS) is 17.8. The number of nitro groups is 1. The van der Waals surface area contributed by atoms with Crippen LogP contribution in [0.4, 0.5) is 15.8 Å². The van der Waals surface area contributed by atoms with Crippen LogP contribution in [0.25, 0.3) is 0 Å². The van der Waals surface area contributed by atoms with Crippen LogP contribution in [0.1, 0.15) is 12.8 Å². The molecule has 7 heteroatoms. The molecule has 0 amide bonds. The van der Waals surface area contributed by atoms with E-state index in [9.17, 15) is 19.6 Å². The summed E-state index contributed by atoms with van der Waals surface area (Å²) in [5.74, 6) is -0.670. The average molecular weight is 265 g/mol. The molecule has 1 saturated heterocycles. The minimum absolute atomic E-state index is 0.222. The van der Waals surface area contributed by atoms with Gasteiger partial charge in [-0.2, -0.15) is 5.26 Å². The lowest BCUT2D eigenvalue weighted by molar-refractivity contribution is -0.385. The zero-order valence-corrected chi connectivity index (χ0v) is 10.0. The van der Waals surface area contributed by atoms with Crippen LogP contribution in [-0.2, 0) is 0 Å². The number of non-ortho nitro benzene ring substituents is 1. The first-order valence-corrected chi connectivity index (χ1v) is 5.78. The molecule has 0 bridgehead atoms. The first kappa shape index (κ1) is 13.2. The highest BCUT2D eigenvalue weighted by Crippen LogP contribution is 2.29. The van der Waals surface area contributed by atoms with Gasteiger partial charge < -0.3 is 10.0 Å². The Morgan fingerprint density at radius 1 is 1.47 bits per heavy atom. The first-order valence-electron chi connectivity index (χ1n) is 5.78. The van der Waals surface area contributed by atoms with E-state index in [1.54, 1.807) is 4.90 Å². The molecular formula is C12H12FN3O3. The maximum atomic E-state index is 13.8. The predicted molar refractivity (Wildman–Crippen MR) is 65.1 cm³/mol. The molecule has 1 aliphatic heterocycles. The van der Waals surface area contributed by atoms with E-state index in [0.29, 0.717) is 13.1 Å². The average Bonchev–Trinajstić information content (AvgIpc) is 2.40. The standard InChI is InChI=1S/C12H12FN3O3/c13-10-7-9(16(18)19)1-2-11(10)15-5-3-12(17,8-14)4-6-15/h1-2,7,17H,3-6H2. The molecular weight excluding hydrogens is 253 g/mol. The van der Waals surface area contributed by atoms with Crippen molar-refractivity contribution >= 4 is 11.4 Å². The van der Waals surface area contributed by atoms with Gasteiger partial charge in [0.2, 0.25) is 0 Å². The number of rotatable bonds is 2. The minimum Gasteiger partial charge on any atom is -0.375 e. The molecule has 2 rings (SSSR count). The van der Waals surface area contributed by atoms with Gasteiger partial charge in [-0.25, -0.2) is 4.39 Å². The Bertz CT molecular complexity index is 548. The summed E-state index contributed by atoms with van der Waals surface area (Å²) < 4.78 is 13.8. The van der Waals surface area contributed by atoms with Gasteiger partial charge in [-0.15, -0.1) is 0 Å². The van der Waals surface area contributed by atoms with Crippen molar-refractivity contribution in [2.24, 2.45) is 0 Å². The lowest BCUT2D eigenvalue weighted by atomic mass is 9.93. The highest BCUT2D eigenvalue weighted by molar-refractivity contribution is 5.52. The van der Waals surface area contributed by atoms with Crippen LogP contribution < -0.4 is 4.90 Å². The van der Waals surface area contributed by atoms with Gasteiger partial charge in [0.25, 0.3) is 5.69 Å². The summed E-state index contributed by atoms with van der Waals surface area (Å²) in [7, 11) is 0. The van der Waals surface area contributed by atoms with Crippen molar-refractivity contribution < 1.29 is 14.4 Å². The number of halogens is 1. The number of nitrogens with zero attached hydrogens (tertiary/aromatic N) is 3.